The minimum atomic E-state index is -0.118. The lowest BCUT2D eigenvalue weighted by atomic mass is 10.0. The van der Waals surface area contributed by atoms with E-state index in [2.05, 4.69) is 41.6 Å². The predicted octanol–water partition coefficient (Wildman–Crippen LogP) is 4.19. The number of ether oxygens (including phenoxy) is 1. The standard InChI is InChI=1S/C20H26N4O2.HI/c1-14(2)16-6-4-7-17(12-16)24-20(21)22-10-11-26-19-9-5-8-18(13-19)23-15(3)25;/h4-9,12-14H,10-11H2,1-3H3,(H,23,25)(H3,21,22,24);1H. The maximum atomic E-state index is 11.1. The van der Waals surface area contributed by atoms with Gasteiger partial charge in [-0.2, -0.15) is 0 Å². The molecule has 2 aromatic rings. The summed E-state index contributed by atoms with van der Waals surface area (Å²) in [5.41, 5.74) is 8.78. The Morgan fingerprint density at radius 3 is 2.44 bits per heavy atom. The second-order valence-corrected chi connectivity index (χ2v) is 6.23. The van der Waals surface area contributed by atoms with Crippen molar-refractivity contribution in [3.8, 4) is 5.75 Å². The average Bonchev–Trinajstić information content (AvgIpc) is 2.59. The number of nitrogens with zero attached hydrogens (tertiary/aromatic N) is 1. The Kier molecular flexibility index (Phi) is 9.63. The van der Waals surface area contributed by atoms with E-state index in [0.29, 0.717) is 36.5 Å². The number of hydrogen-bond acceptors (Lipinski definition) is 3. The molecule has 7 heteroatoms. The highest BCUT2D eigenvalue weighted by Gasteiger charge is 2.02. The molecule has 6 nitrogen and oxygen atoms in total. The van der Waals surface area contributed by atoms with Crippen LogP contribution in [0.25, 0.3) is 0 Å². The van der Waals surface area contributed by atoms with E-state index in [0.717, 1.165) is 5.69 Å². The molecule has 2 rings (SSSR count). The fourth-order valence-corrected chi connectivity index (χ4v) is 2.36. The molecule has 1 amide bonds. The minimum absolute atomic E-state index is 0. The smallest absolute Gasteiger partial charge is 0.221 e. The lowest BCUT2D eigenvalue weighted by molar-refractivity contribution is -0.114. The first-order chi connectivity index (χ1) is 12.4. The van der Waals surface area contributed by atoms with Gasteiger partial charge in [-0.05, 0) is 35.7 Å². The number of benzene rings is 2. The van der Waals surface area contributed by atoms with E-state index in [1.165, 1.54) is 12.5 Å². The SMILES string of the molecule is CC(=O)Nc1cccc(OCCN=C(N)Nc2cccc(C(C)C)c2)c1.I. The van der Waals surface area contributed by atoms with E-state index in [1.807, 2.05) is 24.3 Å². The summed E-state index contributed by atoms with van der Waals surface area (Å²) in [5, 5.41) is 5.81. The third-order valence-corrected chi connectivity index (χ3v) is 3.62. The molecule has 0 aliphatic heterocycles. The van der Waals surface area contributed by atoms with Gasteiger partial charge in [-0.1, -0.05) is 32.0 Å². The molecule has 0 heterocycles. The number of nitrogens with two attached hydrogens (primary N) is 1. The maximum Gasteiger partial charge on any atom is 0.221 e. The maximum absolute atomic E-state index is 11.1. The number of carbonyl (C=O) groups is 1. The van der Waals surface area contributed by atoms with Crippen molar-refractivity contribution in [2.24, 2.45) is 10.7 Å². The summed E-state index contributed by atoms with van der Waals surface area (Å²) in [4.78, 5) is 15.3. The van der Waals surface area contributed by atoms with Crippen molar-refractivity contribution in [3.63, 3.8) is 0 Å². The third kappa shape index (κ3) is 8.29. The van der Waals surface area contributed by atoms with Crippen LogP contribution in [-0.4, -0.2) is 25.0 Å². The fraction of sp³-hybridized carbons (Fsp3) is 0.300. The first kappa shape index (κ1) is 22.8. The first-order valence-corrected chi connectivity index (χ1v) is 8.61. The van der Waals surface area contributed by atoms with E-state index < -0.39 is 0 Å². The van der Waals surface area contributed by atoms with E-state index in [-0.39, 0.29) is 29.9 Å². The summed E-state index contributed by atoms with van der Waals surface area (Å²) in [7, 11) is 0. The topological polar surface area (TPSA) is 88.7 Å². The summed E-state index contributed by atoms with van der Waals surface area (Å²) in [6.45, 7) is 6.57. The zero-order chi connectivity index (χ0) is 18.9. The van der Waals surface area contributed by atoms with Crippen LogP contribution >= 0.6 is 24.0 Å². The molecule has 0 radical (unpaired) electrons. The lowest BCUT2D eigenvalue weighted by Gasteiger charge is -2.10. The number of hydrogen-bond donors (Lipinski definition) is 3. The molecule has 0 atom stereocenters. The van der Waals surface area contributed by atoms with Crippen molar-refractivity contribution in [1.82, 2.24) is 0 Å². The first-order valence-electron chi connectivity index (χ1n) is 8.61. The molecule has 0 aliphatic carbocycles. The molecule has 2 aromatic carbocycles. The monoisotopic (exact) mass is 482 g/mol. The van der Waals surface area contributed by atoms with Gasteiger partial charge < -0.3 is 21.1 Å². The highest BCUT2D eigenvalue weighted by molar-refractivity contribution is 14.0. The van der Waals surface area contributed by atoms with Gasteiger partial charge in [-0.25, -0.2) is 4.99 Å². The van der Waals surface area contributed by atoms with Crippen molar-refractivity contribution in [3.05, 3.63) is 54.1 Å². The van der Waals surface area contributed by atoms with Gasteiger partial charge in [0.2, 0.25) is 5.91 Å². The van der Waals surface area contributed by atoms with Crippen molar-refractivity contribution < 1.29 is 9.53 Å². The minimum Gasteiger partial charge on any atom is -0.492 e. The number of anilines is 2. The summed E-state index contributed by atoms with van der Waals surface area (Å²) >= 11 is 0. The highest BCUT2D eigenvalue weighted by atomic mass is 127. The molecule has 0 aliphatic rings. The normalized spacial score (nSPS) is 10.9. The van der Waals surface area contributed by atoms with Crippen LogP contribution in [0.2, 0.25) is 0 Å². The van der Waals surface area contributed by atoms with Crippen LogP contribution in [0.4, 0.5) is 11.4 Å². The Balaban J connectivity index is 0.00000364. The molecular weight excluding hydrogens is 455 g/mol. The summed E-state index contributed by atoms with van der Waals surface area (Å²) in [5.74, 6) is 1.35. The number of amides is 1. The van der Waals surface area contributed by atoms with E-state index >= 15 is 0 Å². The summed E-state index contributed by atoms with van der Waals surface area (Å²) in [6.07, 6.45) is 0. The molecule has 146 valence electrons. The quantitative estimate of drug-likeness (QED) is 0.239. The Morgan fingerprint density at radius 1 is 1.11 bits per heavy atom. The zero-order valence-electron chi connectivity index (χ0n) is 15.9. The van der Waals surface area contributed by atoms with Gasteiger partial charge in [0.05, 0.1) is 6.54 Å². The number of rotatable bonds is 7. The molecular formula is C20H27IN4O2. The van der Waals surface area contributed by atoms with Gasteiger partial charge >= 0.3 is 0 Å². The third-order valence-electron chi connectivity index (χ3n) is 3.62. The van der Waals surface area contributed by atoms with Gasteiger partial charge in [0.15, 0.2) is 5.96 Å². The molecule has 0 unspecified atom stereocenters. The molecule has 27 heavy (non-hydrogen) atoms. The van der Waals surface area contributed by atoms with Crippen molar-refractivity contribution >= 4 is 47.2 Å². The molecule has 0 bridgehead atoms. The van der Waals surface area contributed by atoms with E-state index in [1.54, 1.807) is 12.1 Å². The van der Waals surface area contributed by atoms with Crippen LogP contribution in [0.15, 0.2) is 53.5 Å². The fourth-order valence-electron chi connectivity index (χ4n) is 2.36. The summed E-state index contributed by atoms with van der Waals surface area (Å²) in [6, 6.07) is 15.3. The molecule has 0 spiro atoms. The Morgan fingerprint density at radius 2 is 1.78 bits per heavy atom. The number of aliphatic imine (C=N–C) groups is 1. The van der Waals surface area contributed by atoms with Crippen LogP contribution < -0.4 is 21.1 Å². The lowest BCUT2D eigenvalue weighted by Crippen LogP contribution is -2.23. The van der Waals surface area contributed by atoms with Crippen LogP contribution in [0.3, 0.4) is 0 Å². The van der Waals surface area contributed by atoms with E-state index in [4.69, 9.17) is 10.5 Å². The number of halogens is 1. The molecule has 0 fully saturated rings. The van der Waals surface area contributed by atoms with Gasteiger partial charge in [0.25, 0.3) is 0 Å². The number of guanidine groups is 1. The number of nitrogens with one attached hydrogen (secondary N) is 2. The van der Waals surface area contributed by atoms with Gasteiger partial charge in [-0.3, -0.25) is 4.79 Å². The Hall–Kier alpha value is -2.29. The van der Waals surface area contributed by atoms with Crippen molar-refractivity contribution in [1.29, 1.82) is 0 Å². The van der Waals surface area contributed by atoms with Crippen LogP contribution in [0.1, 0.15) is 32.3 Å². The Labute approximate surface area is 177 Å². The Bertz CT molecular complexity index is 778. The predicted molar refractivity (Wildman–Crippen MR) is 122 cm³/mol. The molecule has 0 saturated carbocycles. The largest absolute Gasteiger partial charge is 0.492 e. The molecule has 0 saturated heterocycles. The van der Waals surface area contributed by atoms with Crippen LogP contribution in [-0.2, 0) is 4.79 Å². The zero-order valence-corrected chi connectivity index (χ0v) is 18.2. The van der Waals surface area contributed by atoms with Crippen molar-refractivity contribution in [2.75, 3.05) is 23.8 Å². The second kappa shape index (κ2) is 11.4. The average molecular weight is 482 g/mol. The molecule has 4 N–H and O–H groups in total. The second-order valence-electron chi connectivity index (χ2n) is 6.23. The van der Waals surface area contributed by atoms with Gasteiger partial charge in [-0.15, -0.1) is 24.0 Å². The van der Waals surface area contributed by atoms with E-state index in [9.17, 15) is 4.79 Å². The van der Waals surface area contributed by atoms with Gasteiger partial charge in [0, 0.05) is 24.4 Å². The molecule has 0 aromatic heterocycles. The van der Waals surface area contributed by atoms with Crippen molar-refractivity contribution in [2.45, 2.75) is 26.7 Å². The summed E-state index contributed by atoms with van der Waals surface area (Å²) < 4.78 is 5.64. The number of carbonyl (C=O) groups excluding carboxylic acids is 1. The van der Waals surface area contributed by atoms with Crippen LogP contribution in [0, 0.1) is 0 Å². The van der Waals surface area contributed by atoms with Crippen LogP contribution in [0.5, 0.6) is 5.75 Å². The van der Waals surface area contributed by atoms with Gasteiger partial charge in [0.1, 0.15) is 12.4 Å². The highest BCUT2D eigenvalue weighted by Crippen LogP contribution is 2.18.